The standard InChI is InChI=1S/C6H10N2O2S/c1-5(8-6(9)10)4-11-3-2-7/h5,8H,3-4H2,1H3,(H,9,10)/t5-/m1/s1. The van der Waals surface area contributed by atoms with Gasteiger partial charge < -0.3 is 10.4 Å². The number of carboxylic acid groups (broad SMARTS) is 1. The fraction of sp³-hybridized carbons (Fsp3) is 0.667. The molecule has 0 aliphatic heterocycles. The number of hydrogen-bond acceptors (Lipinski definition) is 3. The minimum absolute atomic E-state index is 0.0918. The molecule has 1 amide bonds. The van der Waals surface area contributed by atoms with Gasteiger partial charge in [-0.25, -0.2) is 4.79 Å². The van der Waals surface area contributed by atoms with Crippen molar-refractivity contribution in [2.45, 2.75) is 13.0 Å². The molecule has 0 aromatic rings. The molecule has 11 heavy (non-hydrogen) atoms. The summed E-state index contributed by atoms with van der Waals surface area (Å²) in [5, 5.41) is 18.7. The lowest BCUT2D eigenvalue weighted by Crippen LogP contribution is -2.32. The van der Waals surface area contributed by atoms with E-state index in [1.807, 2.05) is 6.07 Å². The lowest BCUT2D eigenvalue weighted by atomic mass is 10.4. The number of nitriles is 1. The fourth-order valence-corrected chi connectivity index (χ4v) is 1.18. The van der Waals surface area contributed by atoms with E-state index in [0.29, 0.717) is 11.5 Å². The van der Waals surface area contributed by atoms with E-state index in [1.165, 1.54) is 11.8 Å². The number of amides is 1. The van der Waals surface area contributed by atoms with Gasteiger partial charge in [0.25, 0.3) is 0 Å². The zero-order valence-electron chi connectivity index (χ0n) is 6.20. The summed E-state index contributed by atoms with van der Waals surface area (Å²) in [5.41, 5.74) is 0. The number of carbonyl (C=O) groups is 1. The second kappa shape index (κ2) is 5.86. The molecule has 0 aliphatic carbocycles. The van der Waals surface area contributed by atoms with Gasteiger partial charge in [0.2, 0.25) is 0 Å². The largest absolute Gasteiger partial charge is 0.465 e. The molecule has 5 heteroatoms. The maximum atomic E-state index is 10.1. The van der Waals surface area contributed by atoms with Gasteiger partial charge in [-0.1, -0.05) is 0 Å². The van der Waals surface area contributed by atoms with Gasteiger partial charge in [-0.3, -0.25) is 0 Å². The summed E-state index contributed by atoms with van der Waals surface area (Å²) in [6.07, 6.45) is -1.02. The summed E-state index contributed by atoms with van der Waals surface area (Å²) in [6, 6.07) is 1.87. The smallest absolute Gasteiger partial charge is 0.404 e. The van der Waals surface area contributed by atoms with Crippen molar-refractivity contribution in [1.82, 2.24) is 5.32 Å². The highest BCUT2D eigenvalue weighted by atomic mass is 32.2. The van der Waals surface area contributed by atoms with Gasteiger partial charge in [0.15, 0.2) is 0 Å². The topological polar surface area (TPSA) is 73.1 Å². The number of thioether (sulfide) groups is 1. The molecule has 0 heterocycles. The Kier molecular flexibility index (Phi) is 5.39. The molecule has 4 nitrogen and oxygen atoms in total. The Morgan fingerprint density at radius 2 is 2.55 bits per heavy atom. The third kappa shape index (κ3) is 7.00. The van der Waals surface area contributed by atoms with Gasteiger partial charge in [0.1, 0.15) is 0 Å². The fourth-order valence-electron chi connectivity index (χ4n) is 0.534. The Bertz CT molecular complexity index is 166. The second-order valence-electron chi connectivity index (χ2n) is 2.02. The molecular formula is C6H10N2O2S. The molecule has 0 rings (SSSR count). The SMILES string of the molecule is C[C@H](CSCC#N)NC(=O)O. The van der Waals surface area contributed by atoms with Gasteiger partial charge in [-0.2, -0.15) is 5.26 Å². The van der Waals surface area contributed by atoms with Crippen LogP contribution in [0.2, 0.25) is 0 Å². The van der Waals surface area contributed by atoms with E-state index in [1.54, 1.807) is 6.92 Å². The van der Waals surface area contributed by atoms with E-state index in [4.69, 9.17) is 10.4 Å². The Hall–Kier alpha value is -0.890. The summed E-state index contributed by atoms with van der Waals surface area (Å²) >= 11 is 1.42. The monoisotopic (exact) mass is 174 g/mol. The quantitative estimate of drug-likeness (QED) is 0.621. The van der Waals surface area contributed by atoms with Gasteiger partial charge in [-0.15, -0.1) is 11.8 Å². The number of rotatable bonds is 4. The molecule has 0 spiro atoms. The van der Waals surface area contributed by atoms with Crippen LogP contribution in [0.5, 0.6) is 0 Å². The summed E-state index contributed by atoms with van der Waals surface area (Å²) in [4.78, 5) is 10.1. The van der Waals surface area contributed by atoms with Gasteiger partial charge in [0, 0.05) is 11.8 Å². The van der Waals surface area contributed by atoms with Crippen LogP contribution in [-0.4, -0.2) is 28.7 Å². The molecule has 0 radical (unpaired) electrons. The minimum Gasteiger partial charge on any atom is -0.465 e. The van der Waals surface area contributed by atoms with Gasteiger partial charge in [-0.05, 0) is 6.92 Å². The molecule has 1 atom stereocenters. The van der Waals surface area contributed by atoms with Crippen molar-refractivity contribution in [3.05, 3.63) is 0 Å². The molecule has 0 saturated carbocycles. The molecule has 0 aromatic carbocycles. The first kappa shape index (κ1) is 10.1. The third-order valence-corrected chi connectivity index (χ3v) is 1.97. The average Bonchev–Trinajstić information content (AvgIpc) is 1.86. The lowest BCUT2D eigenvalue weighted by Gasteiger charge is -2.08. The van der Waals surface area contributed by atoms with Crippen LogP contribution in [0, 0.1) is 11.3 Å². The number of nitrogens with one attached hydrogen (secondary N) is 1. The zero-order valence-corrected chi connectivity index (χ0v) is 7.02. The van der Waals surface area contributed by atoms with E-state index < -0.39 is 6.09 Å². The summed E-state index contributed by atoms with van der Waals surface area (Å²) in [5.74, 6) is 1.05. The second-order valence-corrected chi connectivity index (χ2v) is 3.05. The normalized spacial score (nSPS) is 11.6. The number of nitrogens with zero attached hydrogens (tertiary/aromatic N) is 1. The van der Waals surface area contributed by atoms with Crippen LogP contribution in [0.3, 0.4) is 0 Å². The van der Waals surface area contributed by atoms with Crippen LogP contribution in [0.1, 0.15) is 6.92 Å². The summed E-state index contributed by atoms with van der Waals surface area (Å²) in [7, 11) is 0. The highest BCUT2D eigenvalue weighted by molar-refractivity contribution is 7.99. The van der Waals surface area contributed by atoms with Crippen LogP contribution >= 0.6 is 11.8 Å². The van der Waals surface area contributed by atoms with E-state index in [9.17, 15) is 4.79 Å². The maximum absolute atomic E-state index is 10.1. The average molecular weight is 174 g/mol. The zero-order chi connectivity index (χ0) is 8.69. The first-order chi connectivity index (χ1) is 5.16. The van der Waals surface area contributed by atoms with Gasteiger partial charge >= 0.3 is 6.09 Å². The van der Waals surface area contributed by atoms with E-state index >= 15 is 0 Å². The predicted molar refractivity (Wildman–Crippen MR) is 43.6 cm³/mol. The van der Waals surface area contributed by atoms with Crippen molar-refractivity contribution in [2.75, 3.05) is 11.5 Å². The van der Waals surface area contributed by atoms with Crippen LogP contribution in [0.4, 0.5) is 4.79 Å². The Labute approximate surface area is 69.6 Å². The first-order valence-corrected chi connectivity index (χ1v) is 4.26. The van der Waals surface area contributed by atoms with Crippen LogP contribution in [-0.2, 0) is 0 Å². The Morgan fingerprint density at radius 1 is 1.91 bits per heavy atom. The van der Waals surface area contributed by atoms with Crippen molar-refractivity contribution < 1.29 is 9.90 Å². The molecular weight excluding hydrogens is 164 g/mol. The van der Waals surface area contributed by atoms with Crippen molar-refractivity contribution >= 4 is 17.9 Å². The Morgan fingerprint density at radius 3 is 3.00 bits per heavy atom. The summed E-state index contributed by atoms with van der Waals surface area (Å²) in [6.45, 7) is 1.76. The van der Waals surface area contributed by atoms with Crippen LogP contribution in [0.15, 0.2) is 0 Å². The molecule has 0 saturated heterocycles. The summed E-state index contributed by atoms with van der Waals surface area (Å²) < 4.78 is 0. The number of hydrogen-bond donors (Lipinski definition) is 2. The van der Waals surface area contributed by atoms with E-state index in [2.05, 4.69) is 5.32 Å². The molecule has 62 valence electrons. The van der Waals surface area contributed by atoms with Crippen molar-refractivity contribution in [1.29, 1.82) is 5.26 Å². The molecule has 0 aromatic heterocycles. The first-order valence-electron chi connectivity index (χ1n) is 3.11. The predicted octanol–water partition coefficient (Wildman–Crippen LogP) is 0.899. The van der Waals surface area contributed by atoms with E-state index in [-0.39, 0.29) is 6.04 Å². The molecule has 0 unspecified atom stereocenters. The van der Waals surface area contributed by atoms with Crippen molar-refractivity contribution in [3.63, 3.8) is 0 Å². The van der Waals surface area contributed by atoms with Gasteiger partial charge in [0.05, 0.1) is 11.8 Å². The maximum Gasteiger partial charge on any atom is 0.404 e. The highest BCUT2D eigenvalue weighted by Gasteiger charge is 2.03. The molecule has 0 aliphatic rings. The Balaban J connectivity index is 3.31. The van der Waals surface area contributed by atoms with Crippen LogP contribution in [0.25, 0.3) is 0 Å². The third-order valence-electron chi connectivity index (χ3n) is 0.904. The van der Waals surface area contributed by atoms with Crippen LogP contribution < -0.4 is 5.32 Å². The molecule has 0 fully saturated rings. The molecule has 0 bridgehead atoms. The molecule has 2 N–H and O–H groups in total. The lowest BCUT2D eigenvalue weighted by molar-refractivity contribution is 0.192. The minimum atomic E-state index is -1.02. The van der Waals surface area contributed by atoms with Crippen molar-refractivity contribution in [3.8, 4) is 6.07 Å². The van der Waals surface area contributed by atoms with Crippen molar-refractivity contribution in [2.24, 2.45) is 0 Å². The van der Waals surface area contributed by atoms with E-state index in [0.717, 1.165) is 0 Å². The highest BCUT2D eigenvalue weighted by Crippen LogP contribution is 2.00.